The normalized spacial score (nSPS) is 12.8. The van der Waals surface area contributed by atoms with Gasteiger partial charge in [0.2, 0.25) is 0 Å². The topological polar surface area (TPSA) is 44.9 Å². The number of imidazole rings is 1. The van der Waals surface area contributed by atoms with Crippen LogP contribution in [0.1, 0.15) is 12.7 Å². The van der Waals surface area contributed by atoms with Crippen LogP contribution >= 0.6 is 11.6 Å². The van der Waals surface area contributed by atoms with Gasteiger partial charge in [-0.2, -0.15) is 5.26 Å². The molecule has 0 N–H and O–H groups in total. The highest BCUT2D eigenvalue weighted by Gasteiger charge is 2.12. The van der Waals surface area contributed by atoms with Gasteiger partial charge in [-0.25, -0.2) is 4.98 Å². The maximum Gasteiger partial charge on any atom is 0.123 e. The van der Waals surface area contributed by atoms with Crippen molar-refractivity contribution in [2.24, 2.45) is 13.0 Å². The molecule has 0 aliphatic carbocycles. The highest BCUT2D eigenvalue weighted by molar-refractivity contribution is 6.31. The summed E-state index contributed by atoms with van der Waals surface area (Å²) in [6.07, 6.45) is 0. The summed E-state index contributed by atoms with van der Waals surface area (Å²) in [6.45, 7) is 3.38. The van der Waals surface area contributed by atoms with E-state index in [1.807, 2.05) is 39.2 Å². The smallest absolute Gasteiger partial charge is 0.123 e. The fourth-order valence-corrected chi connectivity index (χ4v) is 2.34. The van der Waals surface area contributed by atoms with E-state index in [0.717, 1.165) is 29.9 Å². The zero-order valence-corrected chi connectivity index (χ0v) is 12.1. The molecular weight excluding hydrogens is 260 g/mol. The largest absolute Gasteiger partial charge is 0.330 e. The minimum atomic E-state index is 0.0223. The quantitative estimate of drug-likeness (QED) is 0.863. The van der Waals surface area contributed by atoms with E-state index in [4.69, 9.17) is 16.9 Å². The lowest BCUT2D eigenvalue weighted by molar-refractivity contribution is 0.293. The first kappa shape index (κ1) is 13.9. The number of aromatic nitrogens is 2. The van der Waals surface area contributed by atoms with E-state index in [1.165, 1.54) is 0 Å². The lowest BCUT2D eigenvalue weighted by Crippen LogP contribution is -2.24. The zero-order valence-electron chi connectivity index (χ0n) is 11.4. The van der Waals surface area contributed by atoms with E-state index in [9.17, 15) is 0 Å². The fraction of sp³-hybridized carbons (Fsp3) is 0.429. The van der Waals surface area contributed by atoms with Crippen molar-refractivity contribution in [2.75, 3.05) is 13.6 Å². The van der Waals surface area contributed by atoms with Crippen LogP contribution < -0.4 is 0 Å². The number of aryl methyl sites for hydroxylation is 1. The summed E-state index contributed by atoms with van der Waals surface area (Å²) in [5, 5.41) is 9.53. The molecule has 0 saturated heterocycles. The van der Waals surface area contributed by atoms with Crippen molar-refractivity contribution < 1.29 is 0 Å². The van der Waals surface area contributed by atoms with Gasteiger partial charge in [0.25, 0.3) is 0 Å². The van der Waals surface area contributed by atoms with Crippen LogP contribution in [0, 0.1) is 17.2 Å². The zero-order chi connectivity index (χ0) is 14.0. The Morgan fingerprint density at radius 1 is 1.53 bits per heavy atom. The molecule has 0 amide bonds. The van der Waals surface area contributed by atoms with Crippen LogP contribution in [0.2, 0.25) is 5.02 Å². The van der Waals surface area contributed by atoms with Crippen molar-refractivity contribution >= 4 is 22.6 Å². The van der Waals surface area contributed by atoms with E-state index in [1.54, 1.807) is 0 Å². The monoisotopic (exact) mass is 276 g/mol. The Kier molecular flexibility index (Phi) is 4.08. The molecule has 100 valence electrons. The van der Waals surface area contributed by atoms with Gasteiger partial charge in [-0.05, 0) is 32.2 Å². The third-order valence-electron chi connectivity index (χ3n) is 3.15. The van der Waals surface area contributed by atoms with E-state index >= 15 is 0 Å². The minimum absolute atomic E-state index is 0.0223. The van der Waals surface area contributed by atoms with Crippen molar-refractivity contribution in [3.05, 3.63) is 29.0 Å². The molecular formula is C14H17ClN4. The number of benzene rings is 1. The standard InChI is InChI=1S/C14H17ClN4/c1-10(7-16)8-18(2)9-14-17-12-6-11(15)4-5-13(12)19(14)3/h4-6,10H,8-9H2,1-3H3/t10-/m0/s1. The summed E-state index contributed by atoms with van der Waals surface area (Å²) in [7, 11) is 4.00. The first-order valence-electron chi connectivity index (χ1n) is 6.20. The predicted octanol–water partition coefficient (Wildman–Crippen LogP) is 2.82. The van der Waals surface area contributed by atoms with Gasteiger partial charge in [0, 0.05) is 18.6 Å². The molecule has 1 aromatic heterocycles. The van der Waals surface area contributed by atoms with Crippen LogP contribution in [-0.2, 0) is 13.6 Å². The third kappa shape index (κ3) is 3.06. The number of fused-ring (bicyclic) bond motifs is 1. The second-order valence-corrected chi connectivity index (χ2v) is 5.38. The maximum atomic E-state index is 8.84. The summed E-state index contributed by atoms with van der Waals surface area (Å²) in [6, 6.07) is 7.97. The van der Waals surface area contributed by atoms with Crippen molar-refractivity contribution in [1.29, 1.82) is 5.26 Å². The Labute approximate surface area is 118 Å². The van der Waals surface area contributed by atoms with Gasteiger partial charge in [0.15, 0.2) is 0 Å². The summed E-state index contributed by atoms with van der Waals surface area (Å²) < 4.78 is 2.07. The van der Waals surface area contributed by atoms with Gasteiger partial charge in [-0.15, -0.1) is 0 Å². The molecule has 0 spiro atoms. The molecule has 1 heterocycles. The van der Waals surface area contributed by atoms with E-state index in [2.05, 4.69) is 20.5 Å². The Bertz CT molecular complexity index is 626. The molecule has 0 fully saturated rings. The minimum Gasteiger partial charge on any atom is -0.330 e. The van der Waals surface area contributed by atoms with Crippen molar-refractivity contribution in [3.8, 4) is 6.07 Å². The molecule has 4 nitrogen and oxygen atoms in total. The lowest BCUT2D eigenvalue weighted by atomic mass is 10.2. The van der Waals surface area contributed by atoms with Gasteiger partial charge in [-0.3, -0.25) is 4.90 Å². The second kappa shape index (κ2) is 5.60. The van der Waals surface area contributed by atoms with Crippen LogP contribution in [0.4, 0.5) is 0 Å². The number of nitrogens with zero attached hydrogens (tertiary/aromatic N) is 4. The Balaban J connectivity index is 2.21. The molecule has 0 aliphatic rings. The summed E-state index contributed by atoms with van der Waals surface area (Å²) in [4.78, 5) is 6.71. The third-order valence-corrected chi connectivity index (χ3v) is 3.39. The fourth-order valence-electron chi connectivity index (χ4n) is 2.18. The number of nitriles is 1. The van der Waals surface area contributed by atoms with Crippen molar-refractivity contribution in [2.45, 2.75) is 13.5 Å². The van der Waals surface area contributed by atoms with Crippen LogP contribution in [0.15, 0.2) is 18.2 Å². The van der Waals surface area contributed by atoms with Crippen molar-refractivity contribution in [1.82, 2.24) is 14.5 Å². The summed E-state index contributed by atoms with van der Waals surface area (Å²) in [5.41, 5.74) is 1.98. The van der Waals surface area contributed by atoms with Crippen LogP contribution in [0.25, 0.3) is 11.0 Å². The molecule has 0 unspecified atom stereocenters. The Morgan fingerprint density at radius 3 is 2.95 bits per heavy atom. The molecule has 0 radical (unpaired) electrons. The summed E-state index contributed by atoms with van der Waals surface area (Å²) in [5.74, 6) is 0.999. The molecule has 1 atom stereocenters. The number of rotatable bonds is 4. The Morgan fingerprint density at radius 2 is 2.26 bits per heavy atom. The average molecular weight is 277 g/mol. The van der Waals surface area contributed by atoms with Gasteiger partial charge in [0.05, 0.1) is 29.6 Å². The van der Waals surface area contributed by atoms with Crippen LogP contribution in [0.5, 0.6) is 0 Å². The maximum absolute atomic E-state index is 8.84. The highest BCUT2D eigenvalue weighted by Crippen LogP contribution is 2.20. The highest BCUT2D eigenvalue weighted by atomic mass is 35.5. The molecule has 2 aromatic rings. The lowest BCUT2D eigenvalue weighted by Gasteiger charge is -2.17. The summed E-state index contributed by atoms with van der Waals surface area (Å²) >= 11 is 5.98. The van der Waals surface area contributed by atoms with E-state index < -0.39 is 0 Å². The molecule has 19 heavy (non-hydrogen) atoms. The SMILES string of the molecule is C[C@@H](C#N)CN(C)Cc1nc2cc(Cl)ccc2n1C. The molecule has 5 heteroatoms. The second-order valence-electron chi connectivity index (χ2n) is 4.95. The molecule has 0 saturated carbocycles. The first-order valence-corrected chi connectivity index (χ1v) is 6.58. The van der Waals surface area contributed by atoms with E-state index in [0.29, 0.717) is 5.02 Å². The molecule has 0 bridgehead atoms. The van der Waals surface area contributed by atoms with Gasteiger partial charge < -0.3 is 4.57 Å². The predicted molar refractivity (Wildman–Crippen MR) is 76.8 cm³/mol. The van der Waals surface area contributed by atoms with Crippen molar-refractivity contribution in [3.63, 3.8) is 0 Å². The van der Waals surface area contributed by atoms with Crippen LogP contribution in [0.3, 0.4) is 0 Å². The Hall–Kier alpha value is -1.57. The van der Waals surface area contributed by atoms with E-state index in [-0.39, 0.29) is 5.92 Å². The number of hydrogen-bond donors (Lipinski definition) is 0. The molecule has 1 aromatic carbocycles. The first-order chi connectivity index (χ1) is 9.01. The number of hydrogen-bond acceptors (Lipinski definition) is 3. The molecule has 0 aliphatic heterocycles. The number of halogens is 1. The van der Waals surface area contributed by atoms with Gasteiger partial charge in [-0.1, -0.05) is 11.6 Å². The van der Waals surface area contributed by atoms with Gasteiger partial charge >= 0.3 is 0 Å². The van der Waals surface area contributed by atoms with Crippen LogP contribution in [-0.4, -0.2) is 28.0 Å². The van der Waals surface area contributed by atoms with Gasteiger partial charge in [0.1, 0.15) is 5.82 Å². The average Bonchev–Trinajstić information content (AvgIpc) is 2.65. The molecule has 2 rings (SSSR count).